The van der Waals surface area contributed by atoms with E-state index in [9.17, 15) is 4.57 Å². The molecule has 1 rings (SSSR count). The summed E-state index contributed by atoms with van der Waals surface area (Å²) < 4.78 is 21.4. The highest BCUT2D eigenvalue weighted by Crippen LogP contribution is 2.57. The molecule has 0 saturated carbocycles. The molecule has 0 unspecified atom stereocenters. The fourth-order valence-electron chi connectivity index (χ4n) is 1.000. The fourth-order valence-corrected chi connectivity index (χ4v) is 2.50. The van der Waals surface area contributed by atoms with Crippen LogP contribution in [0.15, 0.2) is 18.2 Å². The Bertz CT molecular complexity index is 375. The van der Waals surface area contributed by atoms with Gasteiger partial charge in [0.1, 0.15) is 11.5 Å². The smallest absolute Gasteiger partial charge is 0.285 e. The van der Waals surface area contributed by atoms with Gasteiger partial charge in [-0.25, -0.2) is 0 Å². The van der Waals surface area contributed by atoms with Crippen LogP contribution in [0.25, 0.3) is 0 Å². The van der Waals surface area contributed by atoms with E-state index < -0.39 is 5.85 Å². The first kappa shape index (κ1) is 11.7. The van der Waals surface area contributed by atoms with Crippen molar-refractivity contribution in [2.24, 2.45) is 0 Å². The van der Waals surface area contributed by atoms with Crippen molar-refractivity contribution >= 4 is 33.6 Å². The molecule has 0 spiro atoms. The highest BCUT2D eigenvalue weighted by Gasteiger charge is 2.22. The minimum Gasteiger partial charge on any atom is -0.497 e. The van der Waals surface area contributed by atoms with Gasteiger partial charge in [-0.1, -0.05) is 0 Å². The lowest BCUT2D eigenvalue weighted by molar-refractivity contribution is 0.396. The molecule has 0 saturated heterocycles. The lowest BCUT2D eigenvalue weighted by Gasteiger charge is -2.10. The fraction of sp³-hybridized carbons (Fsp3) is 0.250. The molecule has 0 radical (unpaired) electrons. The van der Waals surface area contributed by atoms with Crippen molar-refractivity contribution in [3.8, 4) is 11.5 Å². The van der Waals surface area contributed by atoms with Gasteiger partial charge < -0.3 is 9.47 Å². The molecular weight excluding hydrogens is 246 g/mol. The van der Waals surface area contributed by atoms with E-state index in [1.54, 1.807) is 12.1 Å². The topological polar surface area (TPSA) is 35.5 Å². The first-order valence-corrected chi connectivity index (χ1v) is 7.22. The van der Waals surface area contributed by atoms with Gasteiger partial charge in [0.15, 0.2) is 0 Å². The van der Waals surface area contributed by atoms with Crippen LogP contribution in [0.3, 0.4) is 0 Å². The number of halogens is 2. The monoisotopic (exact) mass is 254 g/mol. The Morgan fingerprint density at radius 2 is 1.86 bits per heavy atom. The summed E-state index contributed by atoms with van der Waals surface area (Å²) in [5.74, 6) is -2.39. The minimum absolute atomic E-state index is 0.282. The summed E-state index contributed by atoms with van der Waals surface area (Å²) in [4.78, 5) is 0. The van der Waals surface area contributed by atoms with E-state index in [-0.39, 0.29) is 5.30 Å². The van der Waals surface area contributed by atoms with E-state index in [1.165, 1.54) is 20.3 Å². The third kappa shape index (κ3) is 2.57. The normalized spacial score (nSPS) is 11.1. The summed E-state index contributed by atoms with van der Waals surface area (Å²) >= 11 is 11.1. The molecule has 0 aromatic heterocycles. The Morgan fingerprint density at radius 3 is 2.29 bits per heavy atom. The van der Waals surface area contributed by atoms with E-state index in [0.717, 1.165) is 0 Å². The van der Waals surface area contributed by atoms with Gasteiger partial charge in [0, 0.05) is 6.07 Å². The molecule has 1 aromatic carbocycles. The highest BCUT2D eigenvalue weighted by molar-refractivity contribution is 8.13. The van der Waals surface area contributed by atoms with Crippen LogP contribution in [-0.4, -0.2) is 14.2 Å². The Kier molecular flexibility index (Phi) is 3.71. The van der Waals surface area contributed by atoms with Gasteiger partial charge in [-0.3, -0.25) is 4.57 Å². The maximum absolute atomic E-state index is 11.4. The van der Waals surface area contributed by atoms with Gasteiger partial charge in [-0.15, -0.1) is 0 Å². The van der Waals surface area contributed by atoms with E-state index in [4.69, 9.17) is 32.0 Å². The van der Waals surface area contributed by atoms with Crippen LogP contribution in [0.5, 0.6) is 11.5 Å². The van der Waals surface area contributed by atoms with Crippen molar-refractivity contribution in [2.45, 2.75) is 0 Å². The van der Waals surface area contributed by atoms with Crippen molar-refractivity contribution in [2.75, 3.05) is 14.2 Å². The van der Waals surface area contributed by atoms with Crippen LogP contribution in [0.2, 0.25) is 0 Å². The van der Waals surface area contributed by atoms with Gasteiger partial charge in [-0.05, 0) is 34.6 Å². The maximum Gasteiger partial charge on any atom is 0.285 e. The van der Waals surface area contributed by atoms with Gasteiger partial charge in [0.05, 0.1) is 19.5 Å². The molecule has 0 heterocycles. The average Bonchev–Trinajstić information content (AvgIpc) is 2.15. The van der Waals surface area contributed by atoms with Crippen molar-refractivity contribution in [1.29, 1.82) is 0 Å². The molecule has 6 heteroatoms. The van der Waals surface area contributed by atoms with Crippen molar-refractivity contribution in [1.82, 2.24) is 0 Å². The third-order valence-corrected chi connectivity index (χ3v) is 3.69. The second-order valence-electron chi connectivity index (χ2n) is 2.50. The molecule has 1 aromatic rings. The first-order chi connectivity index (χ1) is 6.49. The number of benzene rings is 1. The van der Waals surface area contributed by atoms with E-state index in [2.05, 4.69) is 0 Å². The molecule has 0 bridgehead atoms. The van der Waals surface area contributed by atoms with Gasteiger partial charge >= 0.3 is 0 Å². The molecule has 78 valence electrons. The second kappa shape index (κ2) is 4.43. The Morgan fingerprint density at radius 1 is 1.21 bits per heavy atom. The predicted octanol–water partition coefficient (Wildman–Crippen LogP) is 3.00. The lowest BCUT2D eigenvalue weighted by Crippen LogP contribution is -2.03. The van der Waals surface area contributed by atoms with Crippen LogP contribution >= 0.6 is 28.3 Å². The number of ether oxygens (including phenoxy) is 2. The summed E-state index contributed by atoms with van der Waals surface area (Å²) in [6.45, 7) is 0. The standard InChI is InChI=1S/C8H9Cl2O3P/c1-12-6-3-4-8(14(9,10)11)7(5-6)13-2/h3-5H,1-2H3. The van der Waals surface area contributed by atoms with Gasteiger partial charge in [0.25, 0.3) is 5.85 Å². The quantitative estimate of drug-likeness (QED) is 0.779. The first-order valence-electron chi connectivity index (χ1n) is 3.71. The minimum atomic E-state index is -3.34. The third-order valence-electron chi connectivity index (χ3n) is 1.67. The Labute approximate surface area is 91.9 Å². The van der Waals surface area contributed by atoms with E-state index in [0.29, 0.717) is 11.5 Å². The van der Waals surface area contributed by atoms with E-state index >= 15 is 0 Å². The average molecular weight is 255 g/mol. The zero-order valence-corrected chi connectivity index (χ0v) is 10.1. The SMILES string of the molecule is COc1ccc(P(=O)(Cl)Cl)c(OC)c1. The largest absolute Gasteiger partial charge is 0.497 e. The summed E-state index contributed by atoms with van der Waals surface area (Å²) in [5, 5.41) is 0.282. The van der Waals surface area contributed by atoms with Crippen LogP contribution in [0.1, 0.15) is 0 Å². The maximum atomic E-state index is 11.4. The van der Waals surface area contributed by atoms with Crippen LogP contribution in [0, 0.1) is 0 Å². The lowest BCUT2D eigenvalue weighted by atomic mass is 10.3. The molecule has 0 amide bonds. The molecule has 0 aliphatic rings. The van der Waals surface area contributed by atoms with Crippen LogP contribution in [-0.2, 0) is 4.57 Å². The molecule has 0 N–H and O–H groups in total. The predicted molar refractivity (Wildman–Crippen MR) is 58.5 cm³/mol. The molecule has 0 aliphatic heterocycles. The number of hydrogen-bond acceptors (Lipinski definition) is 3. The number of hydrogen-bond donors (Lipinski definition) is 0. The van der Waals surface area contributed by atoms with Crippen molar-refractivity contribution in [3.63, 3.8) is 0 Å². The highest BCUT2D eigenvalue weighted by atomic mass is 35.9. The summed E-state index contributed by atoms with van der Waals surface area (Å²) in [6, 6.07) is 4.72. The van der Waals surface area contributed by atoms with Gasteiger partial charge in [0.2, 0.25) is 0 Å². The molecule has 3 nitrogen and oxygen atoms in total. The second-order valence-corrected chi connectivity index (χ2v) is 7.28. The summed E-state index contributed by atoms with van der Waals surface area (Å²) in [7, 11) is 2.97. The zero-order chi connectivity index (χ0) is 10.8. The van der Waals surface area contributed by atoms with Gasteiger partial charge in [-0.2, -0.15) is 0 Å². The summed E-state index contributed by atoms with van der Waals surface area (Å²) in [5.41, 5.74) is 0. The Balaban J connectivity index is 3.25. The zero-order valence-electron chi connectivity index (χ0n) is 7.66. The summed E-state index contributed by atoms with van der Waals surface area (Å²) in [6.07, 6.45) is 0. The molecule has 14 heavy (non-hydrogen) atoms. The van der Waals surface area contributed by atoms with Crippen molar-refractivity contribution in [3.05, 3.63) is 18.2 Å². The molecule has 0 fully saturated rings. The molecular formula is C8H9Cl2O3P. The van der Waals surface area contributed by atoms with Crippen molar-refractivity contribution < 1.29 is 14.0 Å². The number of methoxy groups -OCH3 is 2. The van der Waals surface area contributed by atoms with Crippen LogP contribution in [0.4, 0.5) is 0 Å². The Hall–Kier alpha value is -0.370. The number of rotatable bonds is 3. The molecule has 0 atom stereocenters. The van der Waals surface area contributed by atoms with E-state index in [1.807, 2.05) is 0 Å². The van der Waals surface area contributed by atoms with Crippen LogP contribution < -0.4 is 14.8 Å². The molecule has 0 aliphatic carbocycles.